The number of benzene rings is 2. The topological polar surface area (TPSA) is 80.2 Å². The van der Waals surface area contributed by atoms with Crippen LogP contribution in [0.25, 0.3) is 0 Å². The van der Waals surface area contributed by atoms with Gasteiger partial charge in [0, 0.05) is 40.7 Å². The number of likely N-dealkylation sites (tertiary alicyclic amines) is 1. The molecule has 2 aromatic rings. The molecule has 1 fully saturated rings. The van der Waals surface area contributed by atoms with E-state index in [1.165, 1.54) is 30.2 Å². The molecule has 0 spiro atoms. The number of nitrogens with zero attached hydrogens (tertiary/aromatic N) is 2. The van der Waals surface area contributed by atoms with Crippen LogP contribution in [-0.4, -0.2) is 55.0 Å². The smallest absolute Gasteiger partial charge is 0.435 e. The number of rotatable bonds is 4. The predicted octanol–water partition coefficient (Wildman–Crippen LogP) is 5.06. The summed E-state index contributed by atoms with van der Waals surface area (Å²) in [6.07, 6.45) is -5.86. The van der Waals surface area contributed by atoms with Crippen LogP contribution in [0.4, 0.5) is 18.0 Å². The van der Waals surface area contributed by atoms with Gasteiger partial charge < -0.3 is 19.8 Å². The second-order valence-electron chi connectivity index (χ2n) is 8.36. The number of alkyl halides is 3. The Bertz CT molecular complexity index is 1190. The number of amides is 2. The van der Waals surface area contributed by atoms with Gasteiger partial charge in [0.2, 0.25) is 0 Å². The summed E-state index contributed by atoms with van der Waals surface area (Å²) in [4.78, 5) is 30.6. The van der Waals surface area contributed by atoms with Crippen molar-refractivity contribution in [3.63, 3.8) is 0 Å². The van der Waals surface area contributed by atoms with Crippen LogP contribution in [-0.2, 0) is 15.2 Å². The maximum absolute atomic E-state index is 14.2. The van der Waals surface area contributed by atoms with Crippen LogP contribution in [0.3, 0.4) is 0 Å². The van der Waals surface area contributed by atoms with Gasteiger partial charge in [-0.25, -0.2) is 4.79 Å². The summed E-state index contributed by atoms with van der Waals surface area (Å²) in [5.41, 5.74) is -1.64. The SMILES string of the molecule is COC(=O)N1CC(NC(=O)c2ccc(C3=NOC(c4cc(Cl)cc(Cl)c4)(C(F)(F)F)C3)cc2C)C1. The summed E-state index contributed by atoms with van der Waals surface area (Å²) >= 11 is 11.9. The molecule has 2 amide bonds. The highest BCUT2D eigenvalue weighted by Crippen LogP contribution is 2.49. The van der Waals surface area contributed by atoms with Crippen molar-refractivity contribution in [2.75, 3.05) is 20.2 Å². The van der Waals surface area contributed by atoms with E-state index in [0.717, 1.165) is 12.1 Å². The lowest BCUT2D eigenvalue weighted by Crippen LogP contribution is -2.61. The van der Waals surface area contributed by atoms with Crippen LogP contribution in [0.1, 0.15) is 33.5 Å². The van der Waals surface area contributed by atoms with Crippen molar-refractivity contribution in [3.8, 4) is 0 Å². The Balaban J connectivity index is 1.51. The Morgan fingerprint density at radius 1 is 1.17 bits per heavy atom. The number of carbonyl (C=O) groups is 2. The van der Waals surface area contributed by atoms with E-state index in [1.54, 1.807) is 13.0 Å². The molecule has 1 saturated heterocycles. The first kappa shape index (κ1) is 25.1. The van der Waals surface area contributed by atoms with Crippen molar-refractivity contribution in [1.29, 1.82) is 0 Å². The first-order valence-electron chi connectivity index (χ1n) is 10.5. The lowest BCUT2D eigenvalue weighted by molar-refractivity contribution is -0.275. The molecule has 1 atom stereocenters. The lowest BCUT2D eigenvalue weighted by atomic mass is 9.86. The van der Waals surface area contributed by atoms with E-state index in [9.17, 15) is 22.8 Å². The van der Waals surface area contributed by atoms with Crippen LogP contribution in [0.5, 0.6) is 0 Å². The van der Waals surface area contributed by atoms with Gasteiger partial charge in [-0.2, -0.15) is 13.2 Å². The first-order chi connectivity index (χ1) is 16.4. The van der Waals surface area contributed by atoms with Gasteiger partial charge in [0.15, 0.2) is 0 Å². The standard InChI is InChI=1S/C23H20Cl2F3N3O4/c1-12-5-13(3-4-18(12)20(32)29-17-10-31(11-17)21(33)34-2)19-9-22(35-30-19,23(26,27)28)14-6-15(24)8-16(25)7-14/h3-8,17H,9-11H2,1-2H3,(H,29,32). The average Bonchev–Trinajstić information content (AvgIpc) is 3.21. The number of halogens is 5. The van der Waals surface area contributed by atoms with E-state index in [4.69, 9.17) is 28.0 Å². The number of carbonyl (C=O) groups excluding carboxylic acids is 2. The number of ether oxygens (including phenoxy) is 1. The Morgan fingerprint density at radius 3 is 2.40 bits per heavy atom. The maximum Gasteiger partial charge on any atom is 0.435 e. The van der Waals surface area contributed by atoms with Crippen molar-refractivity contribution in [2.24, 2.45) is 5.16 Å². The molecule has 7 nitrogen and oxygen atoms in total. The Hall–Kier alpha value is -2.98. The van der Waals surface area contributed by atoms with Gasteiger partial charge in [-0.05, 0) is 48.4 Å². The van der Waals surface area contributed by atoms with Crippen LogP contribution < -0.4 is 5.32 Å². The zero-order valence-electron chi connectivity index (χ0n) is 18.6. The molecule has 0 bridgehead atoms. The second kappa shape index (κ2) is 9.23. The molecule has 0 saturated carbocycles. The molecular weight excluding hydrogens is 510 g/mol. The van der Waals surface area contributed by atoms with E-state index in [1.807, 2.05) is 0 Å². The summed E-state index contributed by atoms with van der Waals surface area (Å²) in [7, 11) is 1.28. The van der Waals surface area contributed by atoms with Crippen molar-refractivity contribution in [3.05, 3.63) is 68.7 Å². The number of aryl methyl sites for hydroxylation is 1. The molecule has 4 rings (SSSR count). The lowest BCUT2D eigenvalue weighted by Gasteiger charge is -2.38. The van der Waals surface area contributed by atoms with Gasteiger partial charge >= 0.3 is 12.3 Å². The zero-order valence-corrected chi connectivity index (χ0v) is 20.1. The van der Waals surface area contributed by atoms with Crippen LogP contribution >= 0.6 is 23.2 Å². The van der Waals surface area contributed by atoms with Gasteiger partial charge in [0.25, 0.3) is 11.5 Å². The minimum Gasteiger partial charge on any atom is -0.453 e. The number of hydrogen-bond acceptors (Lipinski definition) is 5. The Morgan fingerprint density at radius 2 is 1.83 bits per heavy atom. The fourth-order valence-electron chi connectivity index (χ4n) is 4.05. The predicted molar refractivity (Wildman–Crippen MR) is 123 cm³/mol. The molecular formula is C23H20Cl2F3N3O4. The third kappa shape index (κ3) is 4.77. The molecule has 35 heavy (non-hydrogen) atoms. The Labute approximate surface area is 208 Å². The molecule has 1 unspecified atom stereocenters. The normalized spacial score (nSPS) is 20.1. The zero-order chi connectivity index (χ0) is 25.5. The fourth-order valence-corrected chi connectivity index (χ4v) is 4.58. The molecule has 0 aliphatic carbocycles. The fraction of sp³-hybridized carbons (Fsp3) is 0.348. The van der Waals surface area contributed by atoms with Crippen LogP contribution in [0.2, 0.25) is 10.0 Å². The summed E-state index contributed by atoms with van der Waals surface area (Å²) in [6, 6.07) is 8.03. The summed E-state index contributed by atoms with van der Waals surface area (Å²) in [5.74, 6) is -0.355. The average molecular weight is 530 g/mol. The van der Waals surface area contributed by atoms with Crippen LogP contribution in [0, 0.1) is 6.92 Å². The van der Waals surface area contributed by atoms with Gasteiger partial charge in [0.05, 0.1) is 18.9 Å². The van der Waals surface area contributed by atoms with Gasteiger partial charge in [-0.1, -0.05) is 34.4 Å². The van der Waals surface area contributed by atoms with E-state index in [0.29, 0.717) is 29.8 Å². The largest absolute Gasteiger partial charge is 0.453 e. The van der Waals surface area contributed by atoms with Crippen LogP contribution in [0.15, 0.2) is 41.6 Å². The van der Waals surface area contributed by atoms with Crippen molar-refractivity contribution in [1.82, 2.24) is 10.2 Å². The van der Waals surface area contributed by atoms with Gasteiger partial charge in [-0.15, -0.1) is 0 Å². The molecule has 12 heteroatoms. The number of methoxy groups -OCH3 is 1. The number of nitrogens with one attached hydrogen (secondary N) is 1. The third-order valence-electron chi connectivity index (χ3n) is 5.97. The van der Waals surface area contributed by atoms with Crippen molar-refractivity contribution in [2.45, 2.75) is 31.2 Å². The molecule has 2 aliphatic heterocycles. The highest BCUT2D eigenvalue weighted by atomic mass is 35.5. The first-order valence-corrected chi connectivity index (χ1v) is 11.2. The van der Waals surface area contributed by atoms with Crippen molar-refractivity contribution < 1.29 is 32.3 Å². The maximum atomic E-state index is 14.2. The monoisotopic (exact) mass is 529 g/mol. The Kier molecular flexibility index (Phi) is 6.63. The molecule has 2 heterocycles. The van der Waals surface area contributed by atoms with E-state index >= 15 is 0 Å². The highest BCUT2D eigenvalue weighted by molar-refractivity contribution is 6.34. The molecule has 0 radical (unpaired) electrons. The van der Waals surface area contributed by atoms with E-state index in [2.05, 4.69) is 15.2 Å². The molecule has 0 aromatic heterocycles. The van der Waals surface area contributed by atoms with Crippen molar-refractivity contribution >= 4 is 40.9 Å². The summed E-state index contributed by atoms with van der Waals surface area (Å²) in [6.45, 7) is 2.33. The van der Waals surface area contributed by atoms with E-state index < -0.39 is 24.3 Å². The number of oxime groups is 1. The minimum atomic E-state index is -4.80. The highest BCUT2D eigenvalue weighted by Gasteiger charge is 2.62. The molecule has 2 aromatic carbocycles. The van der Waals surface area contributed by atoms with Gasteiger partial charge in [-0.3, -0.25) is 4.79 Å². The number of hydrogen-bond donors (Lipinski definition) is 1. The molecule has 186 valence electrons. The molecule has 1 N–H and O–H groups in total. The summed E-state index contributed by atoms with van der Waals surface area (Å²) < 4.78 is 47.2. The van der Waals surface area contributed by atoms with Gasteiger partial charge in [0.1, 0.15) is 0 Å². The quantitative estimate of drug-likeness (QED) is 0.599. The van der Waals surface area contributed by atoms with E-state index in [-0.39, 0.29) is 33.3 Å². The third-order valence-corrected chi connectivity index (χ3v) is 6.41. The summed E-state index contributed by atoms with van der Waals surface area (Å²) in [5, 5.41) is 6.65. The minimum absolute atomic E-state index is 0.0422. The molecule has 2 aliphatic rings. The second-order valence-corrected chi connectivity index (χ2v) is 9.24.